The summed E-state index contributed by atoms with van der Waals surface area (Å²) in [5, 5.41) is 3.85. The molecule has 1 aliphatic rings. The highest BCUT2D eigenvalue weighted by Crippen LogP contribution is 2.26. The fraction of sp³-hybridized carbons (Fsp3) is 0.214. The lowest BCUT2D eigenvalue weighted by Gasteiger charge is -2.23. The van der Waals surface area contributed by atoms with Crippen LogP contribution in [0.25, 0.3) is 0 Å². The van der Waals surface area contributed by atoms with Crippen molar-refractivity contribution in [3.8, 4) is 0 Å². The molecule has 0 saturated carbocycles. The van der Waals surface area contributed by atoms with Gasteiger partial charge in [0.1, 0.15) is 0 Å². The lowest BCUT2D eigenvalue weighted by atomic mass is 9.91. The molecule has 2 N–H and O–H groups in total. The molecule has 0 spiro atoms. The predicted molar refractivity (Wildman–Crippen MR) is 141 cm³/mol. The van der Waals surface area contributed by atoms with E-state index in [-0.39, 0.29) is 18.9 Å². The van der Waals surface area contributed by atoms with Crippen LogP contribution in [0.15, 0.2) is 83.3 Å². The molecule has 9 heteroatoms. The number of carbonyl (C=O) groups excluding carboxylic acids is 4. The van der Waals surface area contributed by atoms with Gasteiger partial charge in [-0.3, -0.25) is 29.6 Å². The van der Waals surface area contributed by atoms with Crippen LogP contribution in [-0.4, -0.2) is 41.9 Å². The molecule has 190 valence electrons. The van der Waals surface area contributed by atoms with Gasteiger partial charge in [0.25, 0.3) is 11.8 Å². The highest BCUT2D eigenvalue weighted by Gasteiger charge is 2.37. The van der Waals surface area contributed by atoms with Crippen molar-refractivity contribution in [2.24, 2.45) is 5.92 Å². The first-order valence-electron chi connectivity index (χ1n) is 11.7. The van der Waals surface area contributed by atoms with Crippen LogP contribution < -0.4 is 10.7 Å². The number of benzene rings is 3. The first kappa shape index (κ1) is 26.1. The van der Waals surface area contributed by atoms with E-state index in [1.165, 1.54) is 0 Å². The van der Waals surface area contributed by atoms with Crippen molar-refractivity contribution in [1.82, 2.24) is 10.4 Å². The maximum atomic E-state index is 13.3. The smallest absolute Gasteiger partial charge is 0.311 e. The second-order valence-electron chi connectivity index (χ2n) is 8.75. The molecule has 1 heterocycles. The molecular formula is C28H26BrN3O5. The summed E-state index contributed by atoms with van der Waals surface area (Å²) in [6.07, 6.45) is -0.117. The Labute approximate surface area is 223 Å². The minimum Gasteiger partial charge on any atom is -0.455 e. The van der Waals surface area contributed by atoms with Gasteiger partial charge in [-0.05, 0) is 41.8 Å². The lowest BCUT2D eigenvalue weighted by Crippen LogP contribution is -2.45. The highest BCUT2D eigenvalue weighted by molar-refractivity contribution is 9.10. The molecule has 1 saturated heterocycles. The van der Waals surface area contributed by atoms with Crippen LogP contribution in [0.4, 0.5) is 5.69 Å². The zero-order chi connectivity index (χ0) is 26.4. The third kappa shape index (κ3) is 6.62. The summed E-state index contributed by atoms with van der Waals surface area (Å²) in [5.74, 6) is -3.36. The number of hydrazine groups is 1. The summed E-state index contributed by atoms with van der Waals surface area (Å²) in [5.41, 5.74) is 5.69. The number of carbonyl (C=O) groups is 4. The summed E-state index contributed by atoms with van der Waals surface area (Å²) in [7, 11) is 0. The molecule has 3 amide bonds. The van der Waals surface area contributed by atoms with Crippen molar-refractivity contribution >= 4 is 45.3 Å². The number of hydrogen-bond acceptors (Lipinski definition) is 5. The molecule has 1 fully saturated rings. The van der Waals surface area contributed by atoms with E-state index in [9.17, 15) is 19.2 Å². The Morgan fingerprint density at radius 2 is 1.62 bits per heavy atom. The van der Waals surface area contributed by atoms with Gasteiger partial charge >= 0.3 is 5.97 Å². The summed E-state index contributed by atoms with van der Waals surface area (Å²) in [4.78, 5) is 50.7. The first-order chi connectivity index (χ1) is 17.8. The molecule has 37 heavy (non-hydrogen) atoms. The van der Waals surface area contributed by atoms with Crippen molar-refractivity contribution in [2.75, 3.05) is 18.5 Å². The van der Waals surface area contributed by atoms with E-state index in [4.69, 9.17) is 4.74 Å². The van der Waals surface area contributed by atoms with Crippen LogP contribution in [0.2, 0.25) is 0 Å². The molecule has 0 unspecified atom stereocenters. The number of anilines is 1. The molecule has 0 radical (unpaired) electrons. The fourth-order valence-corrected chi connectivity index (χ4v) is 4.64. The largest absolute Gasteiger partial charge is 0.455 e. The van der Waals surface area contributed by atoms with Gasteiger partial charge in [0, 0.05) is 16.6 Å². The monoisotopic (exact) mass is 563 g/mol. The molecule has 3 aromatic rings. The number of amides is 3. The maximum absolute atomic E-state index is 13.3. The number of rotatable bonds is 8. The maximum Gasteiger partial charge on any atom is 0.311 e. The average molecular weight is 564 g/mol. The number of halogens is 1. The topological polar surface area (TPSA) is 105 Å². The van der Waals surface area contributed by atoms with Gasteiger partial charge in [0.05, 0.1) is 18.4 Å². The van der Waals surface area contributed by atoms with Crippen LogP contribution in [0.3, 0.4) is 0 Å². The fourth-order valence-electron chi connectivity index (χ4n) is 4.17. The predicted octanol–water partition coefficient (Wildman–Crippen LogP) is 3.95. The number of aryl methyl sites for hydroxylation is 1. The molecule has 8 nitrogen and oxygen atoms in total. The van der Waals surface area contributed by atoms with E-state index in [1.54, 1.807) is 12.1 Å². The van der Waals surface area contributed by atoms with E-state index in [0.29, 0.717) is 5.69 Å². The molecule has 1 aliphatic heterocycles. The van der Waals surface area contributed by atoms with Gasteiger partial charge in [-0.25, -0.2) is 0 Å². The van der Waals surface area contributed by atoms with Gasteiger partial charge in [-0.15, -0.1) is 0 Å². The normalized spacial score (nSPS) is 14.9. The quantitative estimate of drug-likeness (QED) is 0.404. The Kier molecular flexibility index (Phi) is 8.35. The second-order valence-corrected chi connectivity index (χ2v) is 9.67. The Morgan fingerprint density at radius 1 is 1.00 bits per heavy atom. The first-order valence-corrected chi connectivity index (χ1v) is 12.5. The van der Waals surface area contributed by atoms with Crippen LogP contribution in [0.5, 0.6) is 0 Å². The van der Waals surface area contributed by atoms with E-state index >= 15 is 0 Å². The van der Waals surface area contributed by atoms with Gasteiger partial charge in [-0.1, -0.05) is 76.6 Å². The number of nitrogens with one attached hydrogen (secondary N) is 2. The van der Waals surface area contributed by atoms with Crippen molar-refractivity contribution in [3.05, 3.63) is 100 Å². The van der Waals surface area contributed by atoms with Crippen molar-refractivity contribution in [3.63, 3.8) is 0 Å². The Bertz CT molecular complexity index is 1260. The second kappa shape index (κ2) is 11.8. The third-order valence-electron chi connectivity index (χ3n) is 6.04. The van der Waals surface area contributed by atoms with Crippen molar-refractivity contribution < 1.29 is 23.9 Å². The number of hydrogen-bond donors (Lipinski definition) is 2. The molecule has 0 aliphatic carbocycles. The van der Waals surface area contributed by atoms with Crippen LogP contribution in [0.1, 0.15) is 29.0 Å². The number of esters is 1. The van der Waals surface area contributed by atoms with Crippen LogP contribution >= 0.6 is 15.9 Å². The third-order valence-corrected chi connectivity index (χ3v) is 6.53. The summed E-state index contributed by atoms with van der Waals surface area (Å²) in [6, 6.07) is 23.9. The van der Waals surface area contributed by atoms with E-state index in [2.05, 4.69) is 26.7 Å². The summed E-state index contributed by atoms with van der Waals surface area (Å²) >= 11 is 3.37. The molecule has 3 aromatic carbocycles. The van der Waals surface area contributed by atoms with Gasteiger partial charge < -0.3 is 10.1 Å². The molecule has 4 rings (SSSR count). The molecular weight excluding hydrogens is 538 g/mol. The summed E-state index contributed by atoms with van der Waals surface area (Å²) in [6.45, 7) is 1.34. The summed E-state index contributed by atoms with van der Waals surface area (Å²) < 4.78 is 6.04. The molecule has 0 aromatic heterocycles. The minimum absolute atomic E-state index is 0.0346. The Balaban J connectivity index is 1.34. The Morgan fingerprint density at radius 3 is 2.22 bits per heavy atom. The number of ether oxygens (including phenoxy) is 1. The average Bonchev–Trinajstić information content (AvgIpc) is 3.25. The number of nitrogens with zero attached hydrogens (tertiary/aromatic N) is 1. The van der Waals surface area contributed by atoms with Crippen LogP contribution in [0, 0.1) is 12.8 Å². The highest BCUT2D eigenvalue weighted by atomic mass is 79.9. The Hall–Kier alpha value is -3.98. The SMILES string of the molecule is Cc1cc(Br)ccc1NC(=O)COC(=O)[C@@H]1CC(=O)N(NC(=O)C(c2ccccc2)c2ccccc2)C1. The van der Waals surface area contributed by atoms with Crippen molar-refractivity contribution in [2.45, 2.75) is 19.3 Å². The minimum atomic E-state index is -0.790. The lowest BCUT2D eigenvalue weighted by molar-refractivity contribution is -0.151. The van der Waals surface area contributed by atoms with E-state index in [1.807, 2.05) is 73.7 Å². The zero-order valence-electron chi connectivity index (χ0n) is 20.1. The zero-order valence-corrected chi connectivity index (χ0v) is 21.7. The van der Waals surface area contributed by atoms with Crippen molar-refractivity contribution in [1.29, 1.82) is 0 Å². The van der Waals surface area contributed by atoms with E-state index < -0.39 is 36.2 Å². The molecule has 1 atom stereocenters. The van der Waals surface area contributed by atoms with E-state index in [0.717, 1.165) is 26.2 Å². The van der Waals surface area contributed by atoms with Crippen LogP contribution in [-0.2, 0) is 23.9 Å². The van der Waals surface area contributed by atoms with Gasteiger partial charge in [0.15, 0.2) is 6.61 Å². The molecule has 0 bridgehead atoms. The van der Waals surface area contributed by atoms with Gasteiger partial charge in [0.2, 0.25) is 5.91 Å². The standard InChI is InChI=1S/C28H26BrN3O5/c1-18-14-22(29)12-13-23(18)30-24(33)17-37-28(36)21-15-25(34)32(16-21)31-27(35)26(19-8-4-2-5-9-19)20-10-6-3-7-11-20/h2-14,21,26H,15-17H2,1H3,(H,30,33)(H,31,35)/t21-/m1/s1. The van der Waals surface area contributed by atoms with Gasteiger partial charge in [-0.2, -0.15) is 0 Å².